The van der Waals surface area contributed by atoms with Crippen LogP contribution in [0.1, 0.15) is 10.4 Å². The molecule has 1 aromatic heterocycles. The molecule has 1 heterocycles. The molecular weight excluding hydrogens is 372 g/mol. The SMILES string of the molecule is O=C(Nc1nc2c(Br)cccc2s1)c1ccc2ccccc2c1. The molecule has 1 N–H and O–H groups in total. The number of fused-ring (bicyclic) bond motifs is 2. The Hall–Kier alpha value is -2.24. The molecule has 0 aliphatic carbocycles. The fourth-order valence-electron chi connectivity index (χ4n) is 2.47. The van der Waals surface area contributed by atoms with Crippen LogP contribution in [0.3, 0.4) is 0 Å². The van der Waals surface area contributed by atoms with E-state index in [1.807, 2.05) is 60.7 Å². The minimum Gasteiger partial charge on any atom is -0.298 e. The number of nitrogens with one attached hydrogen (secondary N) is 1. The van der Waals surface area contributed by atoms with Crippen LogP contribution < -0.4 is 5.32 Å². The highest BCUT2D eigenvalue weighted by Crippen LogP contribution is 2.31. The minimum atomic E-state index is -0.147. The molecule has 0 spiro atoms. The second-order valence-corrected chi connectivity index (χ2v) is 7.01. The molecule has 0 bridgehead atoms. The van der Waals surface area contributed by atoms with Gasteiger partial charge in [0.05, 0.1) is 10.2 Å². The summed E-state index contributed by atoms with van der Waals surface area (Å²) in [5.74, 6) is -0.147. The van der Waals surface area contributed by atoms with Gasteiger partial charge in [-0.2, -0.15) is 0 Å². The summed E-state index contributed by atoms with van der Waals surface area (Å²) in [6.07, 6.45) is 0. The van der Waals surface area contributed by atoms with Gasteiger partial charge in [0.2, 0.25) is 0 Å². The van der Waals surface area contributed by atoms with Crippen LogP contribution >= 0.6 is 27.3 Å². The lowest BCUT2D eigenvalue weighted by Crippen LogP contribution is -2.11. The van der Waals surface area contributed by atoms with E-state index >= 15 is 0 Å². The summed E-state index contributed by atoms with van der Waals surface area (Å²) in [7, 11) is 0. The molecule has 3 nitrogen and oxygen atoms in total. The third-order valence-electron chi connectivity index (χ3n) is 3.60. The highest BCUT2D eigenvalue weighted by molar-refractivity contribution is 9.10. The van der Waals surface area contributed by atoms with E-state index in [0.717, 1.165) is 25.5 Å². The normalized spacial score (nSPS) is 11.0. The van der Waals surface area contributed by atoms with Gasteiger partial charge in [0.15, 0.2) is 5.13 Å². The minimum absolute atomic E-state index is 0.147. The number of benzene rings is 3. The largest absolute Gasteiger partial charge is 0.298 e. The number of anilines is 1. The Balaban J connectivity index is 1.66. The Morgan fingerprint density at radius 2 is 1.83 bits per heavy atom. The Labute approximate surface area is 145 Å². The molecule has 0 saturated carbocycles. The fourth-order valence-corrected chi connectivity index (χ4v) is 3.94. The number of carbonyl (C=O) groups excluding carboxylic acids is 1. The number of rotatable bonds is 2. The van der Waals surface area contributed by atoms with Crippen LogP contribution in [0.5, 0.6) is 0 Å². The average Bonchev–Trinajstić information content (AvgIpc) is 2.98. The number of halogens is 1. The molecule has 0 fully saturated rings. The third-order valence-corrected chi connectivity index (χ3v) is 5.18. The van der Waals surface area contributed by atoms with Gasteiger partial charge in [-0.25, -0.2) is 4.98 Å². The number of para-hydroxylation sites is 1. The zero-order valence-corrected chi connectivity index (χ0v) is 14.3. The molecule has 0 aliphatic heterocycles. The zero-order chi connectivity index (χ0) is 15.8. The van der Waals surface area contributed by atoms with E-state index in [-0.39, 0.29) is 5.91 Å². The maximum absolute atomic E-state index is 12.5. The van der Waals surface area contributed by atoms with Crippen LogP contribution in [0.4, 0.5) is 5.13 Å². The number of hydrogen-bond donors (Lipinski definition) is 1. The second kappa shape index (κ2) is 5.76. The van der Waals surface area contributed by atoms with E-state index in [1.165, 1.54) is 11.3 Å². The summed E-state index contributed by atoms with van der Waals surface area (Å²) in [5.41, 5.74) is 1.49. The lowest BCUT2D eigenvalue weighted by atomic mass is 10.1. The van der Waals surface area contributed by atoms with Crippen LogP contribution in [0.2, 0.25) is 0 Å². The number of carbonyl (C=O) groups is 1. The van der Waals surface area contributed by atoms with Gasteiger partial charge < -0.3 is 0 Å². The Kier molecular flexibility index (Phi) is 3.59. The lowest BCUT2D eigenvalue weighted by Gasteiger charge is -2.03. The first-order chi connectivity index (χ1) is 11.2. The number of amides is 1. The first kappa shape index (κ1) is 14.4. The van der Waals surface area contributed by atoms with E-state index in [9.17, 15) is 4.79 Å². The van der Waals surface area contributed by atoms with Gasteiger partial charge in [-0.3, -0.25) is 10.1 Å². The van der Waals surface area contributed by atoms with Crippen molar-refractivity contribution in [3.8, 4) is 0 Å². The van der Waals surface area contributed by atoms with Gasteiger partial charge in [-0.1, -0.05) is 47.7 Å². The van der Waals surface area contributed by atoms with Gasteiger partial charge in [0.25, 0.3) is 5.91 Å². The van der Waals surface area contributed by atoms with Crippen molar-refractivity contribution in [1.29, 1.82) is 0 Å². The standard InChI is InChI=1S/C18H11BrN2OS/c19-14-6-3-7-15-16(14)20-18(23-15)21-17(22)13-9-8-11-4-1-2-5-12(11)10-13/h1-10H,(H,20,21,22). The van der Waals surface area contributed by atoms with Crippen molar-refractivity contribution >= 4 is 59.3 Å². The highest BCUT2D eigenvalue weighted by atomic mass is 79.9. The maximum Gasteiger partial charge on any atom is 0.257 e. The average molecular weight is 383 g/mol. The topological polar surface area (TPSA) is 42.0 Å². The van der Waals surface area contributed by atoms with Crippen LogP contribution in [-0.2, 0) is 0 Å². The van der Waals surface area contributed by atoms with E-state index in [0.29, 0.717) is 10.7 Å². The quantitative estimate of drug-likeness (QED) is 0.499. The zero-order valence-electron chi connectivity index (χ0n) is 11.9. The molecule has 4 aromatic rings. The van der Waals surface area contributed by atoms with E-state index in [4.69, 9.17) is 0 Å². The van der Waals surface area contributed by atoms with Crippen molar-refractivity contribution in [2.24, 2.45) is 0 Å². The smallest absolute Gasteiger partial charge is 0.257 e. The molecule has 3 aromatic carbocycles. The molecule has 0 radical (unpaired) electrons. The van der Waals surface area contributed by atoms with Gasteiger partial charge >= 0.3 is 0 Å². The Morgan fingerprint density at radius 3 is 2.65 bits per heavy atom. The summed E-state index contributed by atoms with van der Waals surface area (Å²) < 4.78 is 1.96. The molecular formula is C18H11BrN2OS. The van der Waals surface area contributed by atoms with Crippen LogP contribution in [0.25, 0.3) is 21.0 Å². The van der Waals surface area contributed by atoms with Gasteiger partial charge in [-0.15, -0.1) is 0 Å². The van der Waals surface area contributed by atoms with Crippen LogP contribution in [-0.4, -0.2) is 10.9 Å². The maximum atomic E-state index is 12.5. The lowest BCUT2D eigenvalue weighted by molar-refractivity contribution is 0.102. The monoisotopic (exact) mass is 382 g/mol. The van der Waals surface area contributed by atoms with Crippen LogP contribution in [0.15, 0.2) is 65.1 Å². The predicted octanol–water partition coefficient (Wildman–Crippen LogP) is 5.46. The molecule has 112 valence electrons. The van der Waals surface area contributed by atoms with Gasteiger partial charge in [0, 0.05) is 10.0 Å². The number of hydrogen-bond acceptors (Lipinski definition) is 3. The molecule has 0 aliphatic rings. The molecule has 1 amide bonds. The van der Waals surface area contributed by atoms with E-state index in [1.54, 1.807) is 0 Å². The predicted molar refractivity (Wildman–Crippen MR) is 99.2 cm³/mol. The summed E-state index contributed by atoms with van der Waals surface area (Å²) in [6.45, 7) is 0. The third kappa shape index (κ3) is 2.73. The van der Waals surface area contributed by atoms with Crippen LogP contribution in [0, 0.1) is 0 Å². The Bertz CT molecular complexity index is 1040. The molecule has 23 heavy (non-hydrogen) atoms. The fraction of sp³-hybridized carbons (Fsp3) is 0. The number of thiazole rings is 1. The van der Waals surface area contributed by atoms with E-state index in [2.05, 4.69) is 26.2 Å². The molecule has 0 saturated heterocycles. The van der Waals surface area contributed by atoms with Crippen molar-refractivity contribution in [3.05, 3.63) is 70.7 Å². The summed E-state index contributed by atoms with van der Waals surface area (Å²) in [6, 6.07) is 19.6. The second-order valence-electron chi connectivity index (χ2n) is 5.12. The molecule has 0 atom stereocenters. The number of aromatic nitrogens is 1. The van der Waals surface area contributed by atoms with Crippen molar-refractivity contribution in [1.82, 2.24) is 4.98 Å². The van der Waals surface area contributed by atoms with Crippen molar-refractivity contribution in [2.45, 2.75) is 0 Å². The first-order valence-electron chi connectivity index (χ1n) is 7.06. The summed E-state index contributed by atoms with van der Waals surface area (Å²) >= 11 is 4.94. The number of nitrogens with zero attached hydrogens (tertiary/aromatic N) is 1. The molecule has 4 rings (SSSR count). The van der Waals surface area contributed by atoms with Crippen molar-refractivity contribution < 1.29 is 4.79 Å². The van der Waals surface area contributed by atoms with Gasteiger partial charge in [-0.05, 0) is 51.0 Å². The van der Waals surface area contributed by atoms with Crippen molar-refractivity contribution in [3.63, 3.8) is 0 Å². The molecule has 5 heteroatoms. The van der Waals surface area contributed by atoms with Crippen molar-refractivity contribution in [2.75, 3.05) is 5.32 Å². The highest BCUT2D eigenvalue weighted by Gasteiger charge is 2.11. The van der Waals surface area contributed by atoms with E-state index < -0.39 is 0 Å². The summed E-state index contributed by atoms with van der Waals surface area (Å²) in [5, 5.41) is 5.66. The van der Waals surface area contributed by atoms with Gasteiger partial charge in [0.1, 0.15) is 0 Å². The first-order valence-corrected chi connectivity index (χ1v) is 8.67. The Morgan fingerprint density at radius 1 is 1.00 bits per heavy atom. The summed E-state index contributed by atoms with van der Waals surface area (Å²) in [4.78, 5) is 16.9. The molecule has 0 unspecified atom stereocenters.